The van der Waals surface area contributed by atoms with Gasteiger partial charge in [-0.1, -0.05) is 37.3 Å². The van der Waals surface area contributed by atoms with Crippen LogP contribution < -0.4 is 14.5 Å². The number of anilines is 2. The summed E-state index contributed by atoms with van der Waals surface area (Å²) in [5.41, 5.74) is 2.19. The molecule has 4 atom stereocenters. The average molecular weight is 459 g/mol. The van der Waals surface area contributed by atoms with Crippen molar-refractivity contribution >= 4 is 35.1 Å². The van der Waals surface area contributed by atoms with Crippen molar-refractivity contribution in [1.82, 2.24) is 0 Å². The molecule has 34 heavy (non-hydrogen) atoms. The summed E-state index contributed by atoms with van der Waals surface area (Å²) in [6.45, 7) is 4.14. The molecule has 2 aromatic carbocycles. The van der Waals surface area contributed by atoms with Crippen LogP contribution >= 0.6 is 0 Å². The molecule has 5 rings (SSSR count). The second kappa shape index (κ2) is 8.56. The molecule has 2 aliphatic heterocycles. The van der Waals surface area contributed by atoms with E-state index in [9.17, 15) is 19.2 Å². The number of amides is 3. The Morgan fingerprint density at radius 1 is 1.00 bits per heavy atom. The fourth-order valence-electron chi connectivity index (χ4n) is 5.20. The van der Waals surface area contributed by atoms with Crippen molar-refractivity contribution < 1.29 is 23.9 Å². The summed E-state index contributed by atoms with van der Waals surface area (Å²) in [6.07, 6.45) is 4.57. The molecule has 2 saturated heterocycles. The summed E-state index contributed by atoms with van der Waals surface area (Å²) in [7, 11) is 0. The van der Waals surface area contributed by atoms with Gasteiger partial charge in [-0.25, -0.2) is 4.90 Å². The van der Waals surface area contributed by atoms with Crippen LogP contribution in [0.15, 0.2) is 60.7 Å². The van der Waals surface area contributed by atoms with Gasteiger partial charge in [-0.2, -0.15) is 0 Å². The smallest absolute Gasteiger partial charge is 0.316 e. The van der Waals surface area contributed by atoms with E-state index in [2.05, 4.69) is 0 Å². The first-order valence-corrected chi connectivity index (χ1v) is 11.6. The van der Waals surface area contributed by atoms with E-state index in [-0.39, 0.29) is 54.2 Å². The molecule has 174 valence electrons. The minimum Gasteiger partial charge on any atom is -0.426 e. The van der Waals surface area contributed by atoms with Gasteiger partial charge < -0.3 is 9.64 Å². The predicted octanol–water partition coefficient (Wildman–Crippen LogP) is 3.66. The van der Waals surface area contributed by atoms with Gasteiger partial charge in [-0.15, -0.1) is 0 Å². The number of fused-ring (bicyclic) bond motifs is 1. The zero-order valence-electron chi connectivity index (χ0n) is 19.1. The van der Waals surface area contributed by atoms with Crippen molar-refractivity contribution in [2.24, 2.45) is 23.7 Å². The van der Waals surface area contributed by atoms with Crippen molar-refractivity contribution in [2.75, 3.05) is 16.3 Å². The van der Waals surface area contributed by atoms with Crippen LogP contribution in [0.2, 0.25) is 0 Å². The highest BCUT2D eigenvalue weighted by Gasteiger charge is 2.50. The van der Waals surface area contributed by atoms with Gasteiger partial charge in [-0.3, -0.25) is 19.2 Å². The standard InChI is InChI=1S/C27H26N2O5/c1-16-6-3-8-19(12-16)28-15-18(13-23(28)30)27(33)34-21-10-5-9-20(14-21)29-25(31)22-11-4-7-17(2)24(22)26(29)32/h3-10,12,14,17-18,22,24H,11,13,15H2,1-2H3/t17-,18-,22-,24+/m1/s1. The number of ether oxygens (including phenoxy) is 1. The molecule has 7 heteroatoms. The first-order chi connectivity index (χ1) is 16.3. The Morgan fingerprint density at radius 2 is 1.76 bits per heavy atom. The van der Waals surface area contributed by atoms with Gasteiger partial charge in [0.25, 0.3) is 0 Å². The number of rotatable bonds is 4. The molecule has 2 heterocycles. The van der Waals surface area contributed by atoms with Crippen molar-refractivity contribution in [3.05, 3.63) is 66.2 Å². The highest BCUT2D eigenvalue weighted by Crippen LogP contribution is 2.41. The molecule has 3 aliphatic rings. The maximum absolute atomic E-state index is 13.1. The molecular formula is C27H26N2O5. The van der Waals surface area contributed by atoms with Crippen LogP contribution in [0.25, 0.3) is 0 Å². The van der Waals surface area contributed by atoms with Gasteiger partial charge in [-0.05, 0) is 49.1 Å². The summed E-state index contributed by atoms with van der Waals surface area (Å²) in [6, 6.07) is 14.1. The van der Waals surface area contributed by atoms with Gasteiger partial charge in [0, 0.05) is 24.7 Å². The number of aryl methyl sites for hydroxylation is 1. The Hall–Kier alpha value is -3.74. The van der Waals surface area contributed by atoms with Crippen molar-refractivity contribution in [3.8, 4) is 5.75 Å². The van der Waals surface area contributed by atoms with E-state index in [4.69, 9.17) is 4.74 Å². The summed E-state index contributed by atoms with van der Waals surface area (Å²) in [4.78, 5) is 54.3. The molecule has 0 aromatic heterocycles. The molecule has 3 amide bonds. The summed E-state index contributed by atoms with van der Waals surface area (Å²) >= 11 is 0. The summed E-state index contributed by atoms with van der Waals surface area (Å²) in [5.74, 6) is -2.14. The lowest BCUT2D eigenvalue weighted by Crippen LogP contribution is -2.31. The third kappa shape index (κ3) is 3.81. The normalized spacial score (nSPS) is 26.2. The highest BCUT2D eigenvalue weighted by molar-refractivity contribution is 6.22. The van der Waals surface area contributed by atoms with Crippen LogP contribution in [0.5, 0.6) is 5.75 Å². The van der Waals surface area contributed by atoms with Crippen LogP contribution in [0.3, 0.4) is 0 Å². The average Bonchev–Trinajstić information content (AvgIpc) is 3.32. The number of nitrogens with zero attached hydrogens (tertiary/aromatic N) is 2. The zero-order valence-corrected chi connectivity index (χ0v) is 19.1. The monoisotopic (exact) mass is 458 g/mol. The molecule has 2 aromatic rings. The Kier molecular flexibility index (Phi) is 5.55. The lowest BCUT2D eigenvalue weighted by Gasteiger charge is -2.22. The fraction of sp³-hybridized carbons (Fsp3) is 0.333. The van der Waals surface area contributed by atoms with Crippen LogP contribution in [-0.4, -0.2) is 30.2 Å². The van der Waals surface area contributed by atoms with E-state index in [1.807, 2.05) is 50.3 Å². The second-order valence-corrected chi connectivity index (χ2v) is 9.33. The second-order valence-electron chi connectivity index (χ2n) is 9.33. The molecule has 0 spiro atoms. The number of carbonyl (C=O) groups excluding carboxylic acids is 4. The number of allylic oxidation sites excluding steroid dienone is 2. The molecule has 0 saturated carbocycles. The van der Waals surface area contributed by atoms with E-state index in [1.165, 1.54) is 11.0 Å². The minimum absolute atomic E-state index is 0.00235. The lowest BCUT2D eigenvalue weighted by molar-refractivity contribution is -0.139. The SMILES string of the molecule is Cc1cccc(N2C[C@H](C(=O)Oc3cccc(N4C(=O)[C@H]5[C@H](C)C=CC[C@H]5C4=O)c3)CC2=O)c1. The number of hydrogen-bond donors (Lipinski definition) is 0. The van der Waals surface area contributed by atoms with Crippen LogP contribution in [0, 0.1) is 30.6 Å². The van der Waals surface area contributed by atoms with Crippen molar-refractivity contribution in [1.29, 1.82) is 0 Å². The molecular weight excluding hydrogens is 432 g/mol. The van der Waals surface area contributed by atoms with Crippen LogP contribution in [0.1, 0.15) is 25.3 Å². The Morgan fingerprint density at radius 3 is 2.53 bits per heavy atom. The summed E-state index contributed by atoms with van der Waals surface area (Å²) < 4.78 is 5.59. The largest absolute Gasteiger partial charge is 0.426 e. The van der Waals surface area contributed by atoms with Crippen LogP contribution in [-0.2, 0) is 19.2 Å². The number of esters is 1. The van der Waals surface area contributed by atoms with Gasteiger partial charge in [0.15, 0.2) is 0 Å². The predicted molar refractivity (Wildman–Crippen MR) is 126 cm³/mol. The summed E-state index contributed by atoms with van der Waals surface area (Å²) in [5, 5.41) is 0. The van der Waals surface area contributed by atoms with Crippen molar-refractivity contribution in [2.45, 2.75) is 26.7 Å². The molecule has 0 radical (unpaired) electrons. The molecule has 1 aliphatic carbocycles. The number of carbonyl (C=O) groups is 4. The van der Waals surface area contributed by atoms with Crippen molar-refractivity contribution in [3.63, 3.8) is 0 Å². The quantitative estimate of drug-likeness (QED) is 0.302. The third-order valence-electron chi connectivity index (χ3n) is 6.94. The van der Waals surface area contributed by atoms with E-state index in [0.717, 1.165) is 11.3 Å². The topological polar surface area (TPSA) is 84.0 Å². The van der Waals surface area contributed by atoms with Gasteiger partial charge >= 0.3 is 5.97 Å². The molecule has 7 nitrogen and oxygen atoms in total. The third-order valence-corrected chi connectivity index (χ3v) is 6.94. The minimum atomic E-state index is -0.596. The van der Waals surface area contributed by atoms with E-state index in [1.54, 1.807) is 23.1 Å². The Bertz CT molecular complexity index is 1220. The number of benzene rings is 2. The van der Waals surface area contributed by atoms with E-state index >= 15 is 0 Å². The highest BCUT2D eigenvalue weighted by atomic mass is 16.5. The van der Waals surface area contributed by atoms with E-state index in [0.29, 0.717) is 12.1 Å². The first-order valence-electron chi connectivity index (χ1n) is 11.6. The van der Waals surface area contributed by atoms with Gasteiger partial charge in [0.2, 0.25) is 17.7 Å². The fourth-order valence-corrected chi connectivity index (χ4v) is 5.20. The van der Waals surface area contributed by atoms with Gasteiger partial charge in [0.1, 0.15) is 5.75 Å². The zero-order chi connectivity index (χ0) is 24.0. The molecule has 2 fully saturated rings. The Labute approximate surface area is 198 Å². The van der Waals surface area contributed by atoms with Crippen LogP contribution in [0.4, 0.5) is 11.4 Å². The number of hydrogen-bond acceptors (Lipinski definition) is 5. The molecule has 0 unspecified atom stereocenters. The first kappa shape index (κ1) is 22.1. The maximum Gasteiger partial charge on any atom is 0.316 e. The maximum atomic E-state index is 13.1. The molecule has 0 N–H and O–H groups in total. The van der Waals surface area contributed by atoms with Gasteiger partial charge in [0.05, 0.1) is 23.4 Å². The van der Waals surface area contributed by atoms with E-state index < -0.39 is 11.9 Å². The molecule has 0 bridgehead atoms. The lowest BCUT2D eigenvalue weighted by atomic mass is 9.78. The Balaban J connectivity index is 1.30. The number of imide groups is 1.